The van der Waals surface area contributed by atoms with E-state index >= 15 is 0 Å². The van der Waals surface area contributed by atoms with E-state index < -0.39 is 5.97 Å². The Labute approximate surface area is 178 Å². The largest absolute Gasteiger partial charge is 0.462 e. The van der Waals surface area contributed by atoms with Gasteiger partial charge in [-0.05, 0) is 43.2 Å². The lowest BCUT2D eigenvalue weighted by molar-refractivity contribution is -0.111. The molecule has 1 amide bonds. The lowest BCUT2D eigenvalue weighted by Crippen LogP contribution is -2.12. The van der Waals surface area contributed by atoms with Gasteiger partial charge in [0.15, 0.2) is 0 Å². The van der Waals surface area contributed by atoms with Gasteiger partial charge >= 0.3 is 5.97 Å². The summed E-state index contributed by atoms with van der Waals surface area (Å²) in [5.74, 6) is -0.791. The van der Waals surface area contributed by atoms with Crippen LogP contribution in [0, 0.1) is 6.92 Å². The van der Waals surface area contributed by atoms with Crippen LogP contribution in [0.3, 0.4) is 0 Å². The number of benzene rings is 2. The van der Waals surface area contributed by atoms with Gasteiger partial charge < -0.3 is 10.1 Å². The van der Waals surface area contributed by atoms with Crippen LogP contribution in [0.4, 0.5) is 5.00 Å². The molecule has 0 aliphatic rings. The summed E-state index contributed by atoms with van der Waals surface area (Å²) in [4.78, 5) is 26.1. The molecule has 0 aliphatic carbocycles. The van der Waals surface area contributed by atoms with Gasteiger partial charge in [0.1, 0.15) is 10.6 Å². The van der Waals surface area contributed by atoms with E-state index in [0.717, 1.165) is 21.6 Å². The zero-order chi connectivity index (χ0) is 20.8. The molecular formula is C23H20ClNO3S. The molecule has 0 atom stereocenters. The molecule has 3 aromatic rings. The first-order chi connectivity index (χ1) is 14.0. The summed E-state index contributed by atoms with van der Waals surface area (Å²) in [5.41, 5.74) is 2.87. The van der Waals surface area contributed by atoms with Crippen molar-refractivity contribution < 1.29 is 14.3 Å². The molecule has 0 radical (unpaired) electrons. The molecule has 0 fully saturated rings. The second-order valence-corrected chi connectivity index (χ2v) is 7.86. The quantitative estimate of drug-likeness (QED) is 0.377. The van der Waals surface area contributed by atoms with Crippen molar-refractivity contribution >= 4 is 45.9 Å². The van der Waals surface area contributed by atoms with Gasteiger partial charge in [0, 0.05) is 21.5 Å². The number of halogens is 1. The number of esters is 1. The van der Waals surface area contributed by atoms with Crippen LogP contribution in [0.1, 0.15) is 27.7 Å². The Morgan fingerprint density at radius 3 is 2.59 bits per heavy atom. The number of hydrogen-bond acceptors (Lipinski definition) is 4. The number of carbonyl (C=O) groups excluding carboxylic acids is 2. The summed E-state index contributed by atoms with van der Waals surface area (Å²) in [7, 11) is 0. The molecule has 6 heteroatoms. The van der Waals surface area contributed by atoms with Crippen molar-refractivity contribution in [2.45, 2.75) is 13.8 Å². The van der Waals surface area contributed by atoms with Gasteiger partial charge in [-0.25, -0.2) is 4.79 Å². The summed E-state index contributed by atoms with van der Waals surface area (Å²) < 4.78 is 5.25. The Morgan fingerprint density at radius 1 is 1.14 bits per heavy atom. The van der Waals surface area contributed by atoms with Crippen molar-refractivity contribution in [1.29, 1.82) is 0 Å². The van der Waals surface area contributed by atoms with E-state index in [2.05, 4.69) is 5.32 Å². The van der Waals surface area contributed by atoms with E-state index in [4.69, 9.17) is 16.3 Å². The van der Waals surface area contributed by atoms with Crippen molar-refractivity contribution in [3.05, 3.63) is 81.7 Å². The van der Waals surface area contributed by atoms with Crippen molar-refractivity contribution in [1.82, 2.24) is 0 Å². The highest BCUT2D eigenvalue weighted by Crippen LogP contribution is 2.40. The molecule has 148 valence electrons. The molecule has 0 bridgehead atoms. The zero-order valence-electron chi connectivity index (χ0n) is 16.1. The molecule has 0 aliphatic heterocycles. The van der Waals surface area contributed by atoms with Gasteiger partial charge in [-0.1, -0.05) is 54.1 Å². The van der Waals surface area contributed by atoms with Gasteiger partial charge in [-0.2, -0.15) is 0 Å². The second kappa shape index (κ2) is 9.54. The van der Waals surface area contributed by atoms with Crippen molar-refractivity contribution in [2.75, 3.05) is 11.9 Å². The van der Waals surface area contributed by atoms with Crippen LogP contribution in [-0.2, 0) is 9.53 Å². The topological polar surface area (TPSA) is 55.4 Å². The Kier molecular flexibility index (Phi) is 6.86. The fourth-order valence-electron chi connectivity index (χ4n) is 2.92. The maximum atomic E-state index is 12.7. The van der Waals surface area contributed by atoms with Crippen LogP contribution in [0.5, 0.6) is 0 Å². The highest BCUT2D eigenvalue weighted by atomic mass is 35.5. The summed E-state index contributed by atoms with van der Waals surface area (Å²) in [6.45, 7) is 3.93. The predicted molar refractivity (Wildman–Crippen MR) is 120 cm³/mol. The zero-order valence-corrected chi connectivity index (χ0v) is 17.6. The molecule has 0 saturated carbocycles. The third kappa shape index (κ3) is 5.13. The second-order valence-electron chi connectivity index (χ2n) is 6.20. The minimum Gasteiger partial charge on any atom is -0.462 e. The fraction of sp³-hybridized carbons (Fsp3) is 0.130. The Balaban J connectivity index is 1.92. The first-order valence-corrected chi connectivity index (χ1v) is 10.3. The van der Waals surface area contributed by atoms with Gasteiger partial charge in [-0.15, -0.1) is 11.3 Å². The molecule has 0 spiro atoms. The lowest BCUT2D eigenvalue weighted by Gasteiger charge is -2.08. The van der Waals surface area contributed by atoms with E-state index in [0.29, 0.717) is 15.6 Å². The van der Waals surface area contributed by atoms with E-state index in [9.17, 15) is 9.59 Å². The highest BCUT2D eigenvalue weighted by molar-refractivity contribution is 7.17. The van der Waals surface area contributed by atoms with Gasteiger partial charge in [0.25, 0.3) is 0 Å². The van der Waals surface area contributed by atoms with Crippen LogP contribution in [0.15, 0.2) is 60.7 Å². The summed E-state index contributed by atoms with van der Waals surface area (Å²) in [6, 6.07) is 16.8. The number of amides is 1. The molecular weight excluding hydrogens is 406 g/mol. The van der Waals surface area contributed by atoms with Gasteiger partial charge in [0.05, 0.1) is 6.61 Å². The number of anilines is 1. The molecule has 3 rings (SSSR count). The highest BCUT2D eigenvalue weighted by Gasteiger charge is 2.25. The molecule has 1 N–H and O–H groups in total. The maximum absolute atomic E-state index is 12.7. The third-order valence-electron chi connectivity index (χ3n) is 4.14. The maximum Gasteiger partial charge on any atom is 0.341 e. The molecule has 0 saturated heterocycles. The van der Waals surface area contributed by atoms with Crippen LogP contribution >= 0.6 is 22.9 Å². The molecule has 1 aromatic heterocycles. The van der Waals surface area contributed by atoms with Crippen LogP contribution in [0.25, 0.3) is 17.2 Å². The Morgan fingerprint density at radius 2 is 1.90 bits per heavy atom. The monoisotopic (exact) mass is 425 g/mol. The Hall–Kier alpha value is -2.89. The molecule has 4 nitrogen and oxygen atoms in total. The number of ether oxygens (including phenoxy) is 1. The number of hydrogen-bond donors (Lipinski definition) is 1. The number of aryl methyl sites for hydroxylation is 1. The standard InChI is InChI=1S/C23H20ClNO3S/c1-3-28-23(27)21-20(17-9-5-4-6-10-17)15(2)29-22(21)25-19(26)13-12-16-8-7-11-18(24)14-16/h4-14H,3H2,1-2H3,(H,25,26). The number of nitrogens with one attached hydrogen (secondary N) is 1. The third-order valence-corrected chi connectivity index (χ3v) is 5.39. The predicted octanol–water partition coefficient (Wildman–Crippen LogP) is 6.21. The molecule has 0 unspecified atom stereocenters. The molecule has 1 heterocycles. The summed E-state index contributed by atoms with van der Waals surface area (Å²) in [6.07, 6.45) is 3.08. The first kappa shape index (κ1) is 20.8. The van der Waals surface area contributed by atoms with E-state index in [1.165, 1.54) is 17.4 Å². The minimum atomic E-state index is -0.454. The lowest BCUT2D eigenvalue weighted by atomic mass is 10.0. The normalized spacial score (nSPS) is 10.9. The minimum absolute atomic E-state index is 0.254. The fourth-order valence-corrected chi connectivity index (χ4v) is 4.18. The van der Waals surface area contributed by atoms with Crippen LogP contribution < -0.4 is 5.32 Å². The summed E-state index contributed by atoms with van der Waals surface area (Å²) in [5, 5.41) is 3.89. The average Bonchev–Trinajstić information content (AvgIpc) is 3.03. The van der Waals surface area contributed by atoms with Crippen molar-refractivity contribution in [3.8, 4) is 11.1 Å². The number of thiophene rings is 1. The summed E-state index contributed by atoms with van der Waals surface area (Å²) >= 11 is 7.32. The SMILES string of the molecule is CCOC(=O)c1c(NC(=O)C=Cc2cccc(Cl)c2)sc(C)c1-c1ccccc1. The smallest absolute Gasteiger partial charge is 0.341 e. The Bertz CT molecular complexity index is 1060. The van der Waals surface area contributed by atoms with Gasteiger partial charge in [0.2, 0.25) is 5.91 Å². The number of rotatable bonds is 6. The molecule has 29 heavy (non-hydrogen) atoms. The van der Waals surface area contributed by atoms with E-state index in [1.807, 2.05) is 49.4 Å². The number of carbonyl (C=O) groups is 2. The van der Waals surface area contributed by atoms with E-state index in [-0.39, 0.29) is 12.5 Å². The van der Waals surface area contributed by atoms with Gasteiger partial charge in [-0.3, -0.25) is 4.79 Å². The first-order valence-electron chi connectivity index (χ1n) is 9.10. The van der Waals surface area contributed by atoms with Crippen molar-refractivity contribution in [2.24, 2.45) is 0 Å². The van der Waals surface area contributed by atoms with Crippen LogP contribution in [-0.4, -0.2) is 18.5 Å². The molecule has 2 aromatic carbocycles. The van der Waals surface area contributed by atoms with Crippen molar-refractivity contribution in [3.63, 3.8) is 0 Å². The van der Waals surface area contributed by atoms with E-state index in [1.54, 1.807) is 25.1 Å². The average molecular weight is 426 g/mol. The van der Waals surface area contributed by atoms with Crippen LogP contribution in [0.2, 0.25) is 5.02 Å².